The molecule has 0 unspecified atom stereocenters. The van der Waals surface area contributed by atoms with Crippen molar-refractivity contribution < 1.29 is 9.50 Å². The number of piperidine rings is 2. The van der Waals surface area contributed by atoms with E-state index in [1.807, 2.05) is 34.8 Å². The normalized spacial score (nSPS) is 25.8. The highest BCUT2D eigenvalue weighted by Crippen LogP contribution is 2.33. The maximum absolute atomic E-state index is 15.0. The number of phenolic OH excluding ortho intramolecular Hbond substituents is 1. The van der Waals surface area contributed by atoms with Gasteiger partial charge in [-0.15, -0.1) is 0 Å². The number of aromatic hydroxyl groups is 1. The SMILES string of the molecule is CN(c1cnc(-c2ccc(-n3ccnc3)cc2O)cn1)[C@@H]1C[C@H]2CCC[C@H](N2)[C@@H]1F. The van der Waals surface area contributed by atoms with E-state index in [1.54, 1.807) is 31.0 Å². The molecule has 4 atom stereocenters. The molecular formula is C22H25FN6O. The lowest BCUT2D eigenvalue weighted by atomic mass is 9.82. The molecule has 156 valence electrons. The van der Waals surface area contributed by atoms with Gasteiger partial charge in [0, 0.05) is 43.2 Å². The first-order chi connectivity index (χ1) is 14.6. The Labute approximate surface area is 174 Å². The number of rotatable bonds is 4. The molecule has 1 aromatic carbocycles. The number of nitrogens with zero attached hydrogens (tertiary/aromatic N) is 5. The Morgan fingerprint density at radius 2 is 2.13 bits per heavy atom. The number of halogens is 1. The van der Waals surface area contributed by atoms with Crippen LogP contribution in [0.15, 0.2) is 49.3 Å². The lowest BCUT2D eigenvalue weighted by Crippen LogP contribution is -2.61. The van der Waals surface area contributed by atoms with Crippen LogP contribution in [0.1, 0.15) is 25.7 Å². The van der Waals surface area contributed by atoms with Gasteiger partial charge in [-0.25, -0.2) is 14.4 Å². The van der Waals surface area contributed by atoms with Gasteiger partial charge in [0.2, 0.25) is 0 Å². The first-order valence-electron chi connectivity index (χ1n) is 10.4. The predicted octanol–water partition coefficient (Wildman–Crippen LogP) is 3.09. The minimum absolute atomic E-state index is 0.0665. The maximum Gasteiger partial charge on any atom is 0.147 e. The van der Waals surface area contributed by atoms with E-state index in [9.17, 15) is 5.11 Å². The first-order valence-corrected chi connectivity index (χ1v) is 10.4. The van der Waals surface area contributed by atoms with Crippen molar-refractivity contribution in [1.29, 1.82) is 0 Å². The van der Waals surface area contributed by atoms with Crippen molar-refractivity contribution in [2.75, 3.05) is 11.9 Å². The Balaban J connectivity index is 1.35. The van der Waals surface area contributed by atoms with Crippen molar-refractivity contribution in [1.82, 2.24) is 24.8 Å². The molecule has 2 fully saturated rings. The first kappa shape index (κ1) is 19.0. The van der Waals surface area contributed by atoms with Gasteiger partial charge in [-0.2, -0.15) is 0 Å². The van der Waals surface area contributed by atoms with Crippen LogP contribution < -0.4 is 10.2 Å². The summed E-state index contributed by atoms with van der Waals surface area (Å²) in [6, 6.07) is 5.47. The van der Waals surface area contributed by atoms with Gasteiger partial charge in [-0.1, -0.05) is 6.42 Å². The van der Waals surface area contributed by atoms with Crippen LogP contribution in [0.3, 0.4) is 0 Å². The molecule has 2 aliphatic rings. The third-order valence-electron chi connectivity index (χ3n) is 6.35. The summed E-state index contributed by atoms with van der Waals surface area (Å²) in [6.07, 6.45) is 11.4. The Morgan fingerprint density at radius 3 is 2.87 bits per heavy atom. The second-order valence-corrected chi connectivity index (χ2v) is 8.19. The van der Waals surface area contributed by atoms with E-state index in [0.717, 1.165) is 31.4 Å². The number of benzene rings is 1. The molecule has 2 saturated heterocycles. The number of fused-ring (bicyclic) bond motifs is 2. The van der Waals surface area contributed by atoms with E-state index in [1.165, 1.54) is 0 Å². The van der Waals surface area contributed by atoms with Crippen molar-refractivity contribution >= 4 is 5.82 Å². The molecule has 7 nitrogen and oxygen atoms in total. The van der Waals surface area contributed by atoms with Gasteiger partial charge < -0.3 is 19.9 Å². The summed E-state index contributed by atoms with van der Waals surface area (Å²) >= 11 is 0. The number of nitrogens with one attached hydrogen (secondary N) is 1. The monoisotopic (exact) mass is 408 g/mol. The van der Waals surface area contributed by atoms with Crippen molar-refractivity contribution in [2.24, 2.45) is 0 Å². The average molecular weight is 408 g/mol. The molecule has 0 saturated carbocycles. The molecular weight excluding hydrogens is 383 g/mol. The van der Waals surface area contributed by atoms with Gasteiger partial charge in [0.1, 0.15) is 17.7 Å². The highest BCUT2D eigenvalue weighted by Gasteiger charge is 2.41. The Morgan fingerprint density at radius 1 is 1.23 bits per heavy atom. The Hall–Kier alpha value is -3.00. The molecule has 0 aliphatic carbocycles. The quantitative estimate of drug-likeness (QED) is 0.691. The molecule has 0 radical (unpaired) electrons. The van der Waals surface area contributed by atoms with Crippen molar-refractivity contribution in [3.63, 3.8) is 0 Å². The maximum atomic E-state index is 15.0. The molecule has 3 aromatic rings. The molecule has 2 aliphatic heterocycles. The summed E-state index contributed by atoms with van der Waals surface area (Å²) in [5, 5.41) is 13.9. The van der Waals surface area contributed by atoms with Crippen molar-refractivity contribution in [3.05, 3.63) is 49.3 Å². The van der Waals surface area contributed by atoms with Crippen molar-refractivity contribution in [3.8, 4) is 22.7 Å². The third-order valence-corrected chi connectivity index (χ3v) is 6.35. The fraction of sp³-hybridized carbons (Fsp3) is 0.409. The van der Waals surface area contributed by atoms with E-state index in [4.69, 9.17) is 0 Å². The molecule has 30 heavy (non-hydrogen) atoms. The van der Waals surface area contributed by atoms with Gasteiger partial charge in [-0.3, -0.25) is 4.98 Å². The number of hydrogen-bond donors (Lipinski definition) is 2. The van der Waals surface area contributed by atoms with E-state index in [-0.39, 0.29) is 17.8 Å². The van der Waals surface area contributed by atoms with Gasteiger partial charge >= 0.3 is 0 Å². The number of aromatic nitrogens is 4. The van der Waals surface area contributed by atoms with Gasteiger partial charge in [-0.05, 0) is 31.4 Å². The largest absolute Gasteiger partial charge is 0.507 e. The summed E-state index contributed by atoms with van der Waals surface area (Å²) < 4.78 is 16.8. The van der Waals surface area contributed by atoms with Crippen LogP contribution in [0.5, 0.6) is 5.75 Å². The van der Waals surface area contributed by atoms with Crippen LogP contribution in [0.2, 0.25) is 0 Å². The minimum atomic E-state index is -0.923. The zero-order chi connectivity index (χ0) is 20.7. The summed E-state index contributed by atoms with van der Waals surface area (Å²) in [5.74, 6) is 0.757. The number of imidazole rings is 1. The summed E-state index contributed by atoms with van der Waals surface area (Å²) in [4.78, 5) is 14.9. The highest BCUT2D eigenvalue weighted by molar-refractivity contribution is 5.68. The zero-order valence-corrected chi connectivity index (χ0v) is 16.8. The zero-order valence-electron chi connectivity index (χ0n) is 16.8. The minimum Gasteiger partial charge on any atom is -0.507 e. The molecule has 0 amide bonds. The molecule has 4 heterocycles. The third kappa shape index (κ3) is 3.41. The van der Waals surface area contributed by atoms with Crippen molar-refractivity contribution in [2.45, 2.75) is 50.0 Å². The second-order valence-electron chi connectivity index (χ2n) is 8.19. The van der Waals surface area contributed by atoms with Gasteiger partial charge in [0.15, 0.2) is 0 Å². The standard InChI is InChI=1S/C22H25FN6O/c1-28(19-9-14-3-2-4-17(27-14)22(19)23)21-12-25-18(11-26-21)16-6-5-15(10-20(16)30)29-8-7-24-13-29/h5-8,10-14,17,19,22,27,30H,2-4,9H2,1H3/t14-,17+,19-,22+/m1/s1. The Kier molecular flexibility index (Phi) is 4.86. The smallest absolute Gasteiger partial charge is 0.147 e. The molecule has 2 aromatic heterocycles. The molecule has 8 heteroatoms. The van der Waals surface area contributed by atoms with Crippen LogP contribution in [-0.4, -0.2) is 56.0 Å². The lowest BCUT2D eigenvalue weighted by molar-refractivity contribution is 0.107. The highest BCUT2D eigenvalue weighted by atomic mass is 19.1. The second kappa shape index (κ2) is 7.68. The van der Waals surface area contributed by atoms with E-state index >= 15 is 4.39 Å². The number of hydrogen-bond acceptors (Lipinski definition) is 6. The van der Waals surface area contributed by atoms with Gasteiger partial charge in [0.05, 0.1) is 36.1 Å². The summed E-state index contributed by atoms with van der Waals surface area (Å²) in [6.45, 7) is 0. The molecule has 5 rings (SSSR count). The predicted molar refractivity (Wildman–Crippen MR) is 113 cm³/mol. The fourth-order valence-corrected chi connectivity index (χ4v) is 4.67. The van der Waals surface area contributed by atoms with E-state index in [0.29, 0.717) is 23.1 Å². The Bertz CT molecular complexity index is 1010. The van der Waals surface area contributed by atoms with Gasteiger partial charge in [0.25, 0.3) is 0 Å². The topological polar surface area (TPSA) is 79.1 Å². The molecule has 2 bridgehead atoms. The summed E-state index contributed by atoms with van der Waals surface area (Å²) in [7, 11) is 1.89. The number of phenols is 1. The van der Waals surface area contributed by atoms with Crippen LogP contribution in [-0.2, 0) is 0 Å². The molecule has 2 N–H and O–H groups in total. The average Bonchev–Trinajstić information content (AvgIpc) is 3.31. The van der Waals surface area contributed by atoms with E-state index < -0.39 is 6.17 Å². The van der Waals surface area contributed by atoms with Crippen LogP contribution in [0.25, 0.3) is 16.9 Å². The van der Waals surface area contributed by atoms with Crippen LogP contribution in [0, 0.1) is 0 Å². The van der Waals surface area contributed by atoms with Crippen LogP contribution in [0.4, 0.5) is 10.2 Å². The van der Waals surface area contributed by atoms with Crippen LogP contribution >= 0.6 is 0 Å². The van der Waals surface area contributed by atoms with E-state index in [2.05, 4.69) is 20.3 Å². The molecule has 0 spiro atoms. The fourth-order valence-electron chi connectivity index (χ4n) is 4.67. The summed E-state index contributed by atoms with van der Waals surface area (Å²) in [5.41, 5.74) is 1.98. The number of anilines is 1. The number of alkyl halides is 1. The lowest BCUT2D eigenvalue weighted by Gasteiger charge is -2.46.